The van der Waals surface area contributed by atoms with Gasteiger partial charge in [0.15, 0.2) is 0 Å². The van der Waals surface area contributed by atoms with E-state index in [4.69, 9.17) is 10.8 Å². The number of carboxylic acids is 1. The van der Waals surface area contributed by atoms with Crippen LogP contribution in [0.1, 0.15) is 26.7 Å². The van der Waals surface area contributed by atoms with Crippen molar-refractivity contribution in [2.75, 3.05) is 6.54 Å². The van der Waals surface area contributed by atoms with Gasteiger partial charge in [-0.2, -0.15) is 0 Å². The molecular formula is C8H16N2O3. The summed E-state index contributed by atoms with van der Waals surface area (Å²) in [6.07, 6.45) is 1.13. The zero-order chi connectivity index (χ0) is 10.5. The highest BCUT2D eigenvalue weighted by atomic mass is 16.4. The average Bonchev–Trinajstić information content (AvgIpc) is 1.97. The number of urea groups is 1. The molecule has 0 rings (SSSR count). The van der Waals surface area contributed by atoms with Crippen LogP contribution in [0, 0.1) is 5.41 Å². The number of carbonyl (C=O) groups is 2. The van der Waals surface area contributed by atoms with E-state index in [1.165, 1.54) is 0 Å². The molecule has 0 heterocycles. The first kappa shape index (κ1) is 11.7. The summed E-state index contributed by atoms with van der Waals surface area (Å²) in [6, 6.07) is -0.576. The molecule has 5 nitrogen and oxygen atoms in total. The van der Waals surface area contributed by atoms with E-state index in [1.807, 2.05) is 0 Å². The fraction of sp³-hybridized carbons (Fsp3) is 0.750. The molecule has 0 spiro atoms. The van der Waals surface area contributed by atoms with Gasteiger partial charge >= 0.3 is 12.0 Å². The fourth-order valence-corrected chi connectivity index (χ4v) is 0.849. The highest BCUT2D eigenvalue weighted by molar-refractivity contribution is 5.73. The summed E-state index contributed by atoms with van der Waals surface area (Å²) in [6.45, 7) is 3.73. The number of nitrogens with two attached hydrogens (primary N) is 1. The zero-order valence-corrected chi connectivity index (χ0v) is 7.96. The molecule has 0 saturated heterocycles. The van der Waals surface area contributed by atoms with Crippen molar-refractivity contribution in [1.29, 1.82) is 0 Å². The van der Waals surface area contributed by atoms with Crippen molar-refractivity contribution >= 4 is 12.0 Å². The zero-order valence-electron chi connectivity index (χ0n) is 7.96. The number of primary amides is 1. The first-order valence-corrected chi connectivity index (χ1v) is 4.13. The Kier molecular flexibility index (Phi) is 4.23. The maximum absolute atomic E-state index is 10.6. The summed E-state index contributed by atoms with van der Waals surface area (Å²) < 4.78 is 0. The molecule has 0 saturated carbocycles. The summed E-state index contributed by atoms with van der Waals surface area (Å²) in [7, 11) is 0. The molecule has 0 aromatic carbocycles. The number of carboxylic acid groups (broad SMARTS) is 1. The van der Waals surface area contributed by atoms with Crippen molar-refractivity contribution in [3.05, 3.63) is 0 Å². The Morgan fingerprint density at radius 3 is 2.38 bits per heavy atom. The Morgan fingerprint density at radius 2 is 2.00 bits per heavy atom. The molecule has 0 aromatic heterocycles. The van der Waals surface area contributed by atoms with Gasteiger partial charge in [-0.25, -0.2) is 4.79 Å². The van der Waals surface area contributed by atoms with Crippen molar-refractivity contribution in [2.24, 2.45) is 11.1 Å². The predicted molar refractivity (Wildman–Crippen MR) is 48.2 cm³/mol. The van der Waals surface area contributed by atoms with Crippen LogP contribution in [0.25, 0.3) is 0 Å². The lowest BCUT2D eigenvalue weighted by Gasteiger charge is -2.18. The quantitative estimate of drug-likeness (QED) is 0.550. The van der Waals surface area contributed by atoms with Crippen molar-refractivity contribution in [1.82, 2.24) is 5.32 Å². The topological polar surface area (TPSA) is 92.4 Å². The molecule has 0 bridgehead atoms. The van der Waals surface area contributed by atoms with Crippen LogP contribution < -0.4 is 11.1 Å². The summed E-state index contributed by atoms with van der Waals surface area (Å²) in [4.78, 5) is 20.9. The van der Waals surface area contributed by atoms with E-state index >= 15 is 0 Å². The lowest BCUT2D eigenvalue weighted by molar-refractivity contribution is -0.147. The number of hydrogen-bond donors (Lipinski definition) is 3. The molecule has 13 heavy (non-hydrogen) atoms. The molecular weight excluding hydrogens is 172 g/mol. The van der Waals surface area contributed by atoms with Crippen LogP contribution in [-0.2, 0) is 4.79 Å². The van der Waals surface area contributed by atoms with E-state index in [9.17, 15) is 9.59 Å². The first-order chi connectivity index (χ1) is 5.86. The standard InChI is InChI=1S/C8H16N2O3/c1-8(2,6(11)12)4-3-5-10-7(9)13/h3-5H2,1-2H3,(H,11,12)(H3,9,10,13). The molecule has 0 radical (unpaired) electrons. The number of aliphatic carboxylic acids is 1. The molecule has 0 aliphatic carbocycles. The number of nitrogens with one attached hydrogen (secondary N) is 1. The van der Waals surface area contributed by atoms with Crippen LogP contribution in [0.5, 0.6) is 0 Å². The third kappa shape index (κ3) is 5.05. The SMILES string of the molecule is CC(C)(CCCNC(N)=O)C(=O)O. The Balaban J connectivity index is 3.64. The molecule has 0 fully saturated rings. The van der Waals surface area contributed by atoms with Gasteiger partial charge in [0, 0.05) is 6.54 Å². The normalized spacial score (nSPS) is 10.9. The number of amides is 2. The lowest BCUT2D eigenvalue weighted by Crippen LogP contribution is -2.31. The molecule has 76 valence electrons. The van der Waals surface area contributed by atoms with Crippen molar-refractivity contribution in [3.63, 3.8) is 0 Å². The molecule has 0 aliphatic rings. The summed E-state index contributed by atoms with van der Waals surface area (Å²) in [5, 5.41) is 11.1. The van der Waals surface area contributed by atoms with Crippen LogP contribution in [-0.4, -0.2) is 23.7 Å². The Labute approximate surface area is 77.3 Å². The van der Waals surface area contributed by atoms with Crippen molar-refractivity contribution in [3.8, 4) is 0 Å². The van der Waals surface area contributed by atoms with Crippen LogP contribution in [0.15, 0.2) is 0 Å². The summed E-state index contributed by atoms with van der Waals surface area (Å²) in [5.41, 5.74) is 4.10. The van der Waals surface area contributed by atoms with Gasteiger partial charge in [-0.3, -0.25) is 4.79 Å². The second-order valence-corrected chi connectivity index (χ2v) is 3.58. The van der Waals surface area contributed by atoms with E-state index in [-0.39, 0.29) is 0 Å². The van der Waals surface area contributed by atoms with Crippen molar-refractivity contribution < 1.29 is 14.7 Å². The van der Waals surface area contributed by atoms with E-state index in [0.29, 0.717) is 19.4 Å². The Morgan fingerprint density at radius 1 is 1.46 bits per heavy atom. The maximum Gasteiger partial charge on any atom is 0.312 e. The molecule has 0 aromatic rings. The van der Waals surface area contributed by atoms with E-state index < -0.39 is 17.4 Å². The second kappa shape index (κ2) is 4.69. The summed E-state index contributed by atoms with van der Waals surface area (Å²) in [5.74, 6) is -0.827. The van der Waals surface area contributed by atoms with Gasteiger partial charge in [-0.15, -0.1) is 0 Å². The minimum absolute atomic E-state index is 0.423. The second-order valence-electron chi connectivity index (χ2n) is 3.58. The predicted octanol–water partition coefficient (Wildman–Crippen LogP) is 0.546. The first-order valence-electron chi connectivity index (χ1n) is 4.13. The number of carbonyl (C=O) groups excluding carboxylic acids is 1. The monoisotopic (exact) mass is 188 g/mol. The largest absolute Gasteiger partial charge is 0.481 e. The van der Waals surface area contributed by atoms with E-state index in [2.05, 4.69) is 5.32 Å². The van der Waals surface area contributed by atoms with Gasteiger partial charge in [0.05, 0.1) is 5.41 Å². The smallest absolute Gasteiger partial charge is 0.312 e. The van der Waals surface area contributed by atoms with E-state index in [1.54, 1.807) is 13.8 Å². The molecule has 5 heteroatoms. The van der Waals surface area contributed by atoms with Crippen LogP contribution in [0.2, 0.25) is 0 Å². The van der Waals surface area contributed by atoms with Gasteiger partial charge in [0.1, 0.15) is 0 Å². The fourth-order valence-electron chi connectivity index (χ4n) is 0.849. The average molecular weight is 188 g/mol. The molecule has 0 unspecified atom stereocenters. The van der Waals surface area contributed by atoms with Gasteiger partial charge in [0.2, 0.25) is 0 Å². The third-order valence-corrected chi connectivity index (χ3v) is 1.86. The van der Waals surface area contributed by atoms with Gasteiger partial charge in [0.25, 0.3) is 0 Å². The maximum atomic E-state index is 10.6. The minimum Gasteiger partial charge on any atom is -0.481 e. The molecule has 2 amide bonds. The highest BCUT2D eigenvalue weighted by Gasteiger charge is 2.25. The Bertz CT molecular complexity index is 202. The molecule has 0 atom stereocenters. The highest BCUT2D eigenvalue weighted by Crippen LogP contribution is 2.21. The van der Waals surface area contributed by atoms with Gasteiger partial charge in [-0.1, -0.05) is 0 Å². The Hall–Kier alpha value is -1.26. The number of hydrogen-bond acceptors (Lipinski definition) is 2. The third-order valence-electron chi connectivity index (χ3n) is 1.86. The summed E-state index contributed by atoms with van der Waals surface area (Å²) >= 11 is 0. The van der Waals surface area contributed by atoms with Gasteiger partial charge in [-0.05, 0) is 26.7 Å². The molecule has 0 aliphatic heterocycles. The lowest BCUT2D eigenvalue weighted by atomic mass is 9.88. The number of rotatable bonds is 5. The van der Waals surface area contributed by atoms with Crippen LogP contribution >= 0.6 is 0 Å². The van der Waals surface area contributed by atoms with E-state index in [0.717, 1.165) is 0 Å². The van der Waals surface area contributed by atoms with Crippen LogP contribution in [0.3, 0.4) is 0 Å². The van der Waals surface area contributed by atoms with Crippen LogP contribution in [0.4, 0.5) is 4.79 Å². The molecule has 4 N–H and O–H groups in total. The van der Waals surface area contributed by atoms with Crippen molar-refractivity contribution in [2.45, 2.75) is 26.7 Å². The minimum atomic E-state index is -0.827. The van der Waals surface area contributed by atoms with Gasteiger partial charge < -0.3 is 16.2 Å².